The number of halogens is 1. The van der Waals surface area contributed by atoms with Crippen molar-refractivity contribution in [2.24, 2.45) is 0 Å². The minimum absolute atomic E-state index is 0.0697. The van der Waals surface area contributed by atoms with Crippen LogP contribution in [0.15, 0.2) is 53.4 Å². The molecule has 3 N–H and O–H groups in total. The molecule has 28 heavy (non-hydrogen) atoms. The normalized spacial score (nSPS) is 12.4. The van der Waals surface area contributed by atoms with Gasteiger partial charge >= 0.3 is 0 Å². The minimum atomic E-state index is -4.00. The third kappa shape index (κ3) is 6.20. The summed E-state index contributed by atoms with van der Waals surface area (Å²) in [5, 5.41) is 11.7. The van der Waals surface area contributed by atoms with Crippen LogP contribution in [0.1, 0.15) is 12.0 Å². The van der Waals surface area contributed by atoms with Gasteiger partial charge < -0.3 is 15.2 Å². The van der Waals surface area contributed by atoms with E-state index in [4.69, 9.17) is 21.4 Å². The van der Waals surface area contributed by atoms with Crippen molar-refractivity contribution >= 4 is 27.5 Å². The summed E-state index contributed by atoms with van der Waals surface area (Å²) in [5.74, 6) is -0.122. The molecule has 0 aliphatic rings. The molecule has 152 valence electrons. The molecule has 0 saturated heterocycles. The second-order valence-corrected chi connectivity index (χ2v) is 8.15. The first-order chi connectivity index (χ1) is 13.4. The van der Waals surface area contributed by atoms with Crippen molar-refractivity contribution in [2.75, 3.05) is 20.3 Å². The van der Waals surface area contributed by atoms with E-state index in [1.807, 2.05) is 30.3 Å². The average molecular weight is 427 g/mol. The second kappa shape index (κ2) is 10.4. The maximum absolute atomic E-state index is 12.8. The molecule has 1 atom stereocenters. The van der Waals surface area contributed by atoms with E-state index in [9.17, 15) is 13.2 Å². The Bertz CT molecular complexity index is 890. The SMILES string of the molecule is COc1ccc(S(=O)(=O)N[C@@H](Cc2ccccc2)C(=O)NCCCO)cc1Cl. The van der Waals surface area contributed by atoms with Gasteiger partial charge in [-0.1, -0.05) is 41.9 Å². The Labute approximate surface area is 169 Å². The van der Waals surface area contributed by atoms with Crippen LogP contribution in [-0.2, 0) is 21.2 Å². The highest BCUT2D eigenvalue weighted by molar-refractivity contribution is 7.89. The number of carbonyl (C=O) groups is 1. The first kappa shape index (κ1) is 22.2. The zero-order valence-electron chi connectivity index (χ0n) is 15.4. The number of aliphatic hydroxyl groups excluding tert-OH is 1. The molecule has 0 aliphatic carbocycles. The minimum Gasteiger partial charge on any atom is -0.495 e. The fourth-order valence-corrected chi connectivity index (χ4v) is 4.06. The summed E-state index contributed by atoms with van der Waals surface area (Å²) in [6, 6.07) is 12.1. The quantitative estimate of drug-likeness (QED) is 0.502. The lowest BCUT2D eigenvalue weighted by atomic mass is 10.1. The molecule has 0 aromatic heterocycles. The highest BCUT2D eigenvalue weighted by Crippen LogP contribution is 2.27. The number of aliphatic hydroxyl groups is 1. The lowest BCUT2D eigenvalue weighted by Crippen LogP contribution is -2.48. The molecule has 0 fully saturated rings. The molecule has 2 aromatic carbocycles. The van der Waals surface area contributed by atoms with Crippen molar-refractivity contribution in [3.63, 3.8) is 0 Å². The van der Waals surface area contributed by atoms with E-state index in [1.165, 1.54) is 25.3 Å². The number of carbonyl (C=O) groups excluding carboxylic acids is 1. The van der Waals surface area contributed by atoms with E-state index in [1.54, 1.807) is 0 Å². The number of rotatable bonds is 10. The summed E-state index contributed by atoms with van der Waals surface area (Å²) in [6.07, 6.45) is 0.555. The van der Waals surface area contributed by atoms with Crippen LogP contribution in [0.2, 0.25) is 5.02 Å². The molecular weight excluding hydrogens is 404 g/mol. The molecule has 2 aromatic rings. The Morgan fingerprint density at radius 2 is 1.93 bits per heavy atom. The van der Waals surface area contributed by atoms with Gasteiger partial charge in [-0.05, 0) is 36.6 Å². The molecule has 2 rings (SSSR count). The van der Waals surface area contributed by atoms with Crippen LogP contribution < -0.4 is 14.8 Å². The van der Waals surface area contributed by atoms with Crippen molar-refractivity contribution < 1.29 is 23.1 Å². The Kier molecular flexibility index (Phi) is 8.25. The van der Waals surface area contributed by atoms with E-state index in [0.29, 0.717) is 12.2 Å². The molecule has 1 amide bonds. The molecule has 0 aliphatic heterocycles. The zero-order chi connectivity index (χ0) is 20.6. The van der Waals surface area contributed by atoms with Gasteiger partial charge in [0, 0.05) is 13.2 Å². The van der Waals surface area contributed by atoms with Crippen LogP contribution in [0, 0.1) is 0 Å². The fourth-order valence-electron chi connectivity index (χ4n) is 2.52. The standard InChI is InChI=1S/C19H23ClN2O5S/c1-27-18-9-8-15(13-16(18)20)28(25,26)22-17(19(24)21-10-5-11-23)12-14-6-3-2-4-7-14/h2-4,6-9,13,17,22-23H,5,10-12H2,1H3,(H,21,24)/t17-/m0/s1. The zero-order valence-corrected chi connectivity index (χ0v) is 17.0. The van der Waals surface area contributed by atoms with Gasteiger partial charge in [-0.15, -0.1) is 0 Å². The van der Waals surface area contributed by atoms with Gasteiger partial charge in [0.15, 0.2) is 0 Å². The third-order valence-corrected chi connectivity index (χ3v) is 5.73. The van der Waals surface area contributed by atoms with E-state index in [2.05, 4.69) is 10.0 Å². The van der Waals surface area contributed by atoms with Gasteiger partial charge in [0.05, 0.1) is 17.0 Å². The summed E-state index contributed by atoms with van der Waals surface area (Å²) < 4.78 is 33.1. The topological polar surface area (TPSA) is 105 Å². The molecule has 0 heterocycles. The largest absolute Gasteiger partial charge is 0.495 e. The summed E-state index contributed by atoms with van der Waals surface area (Å²) >= 11 is 6.03. The Morgan fingerprint density at radius 3 is 2.54 bits per heavy atom. The number of nitrogens with one attached hydrogen (secondary N) is 2. The number of hydrogen-bond acceptors (Lipinski definition) is 5. The molecule has 7 nitrogen and oxygen atoms in total. The summed E-state index contributed by atoms with van der Waals surface area (Å²) in [7, 11) is -2.57. The molecule has 0 bridgehead atoms. The van der Waals surface area contributed by atoms with Crippen molar-refractivity contribution in [1.29, 1.82) is 0 Å². The van der Waals surface area contributed by atoms with E-state index >= 15 is 0 Å². The average Bonchev–Trinajstić information content (AvgIpc) is 2.68. The molecule has 9 heteroatoms. The summed E-state index contributed by atoms with van der Waals surface area (Å²) in [6.45, 7) is 0.177. The third-order valence-electron chi connectivity index (χ3n) is 3.96. The van der Waals surface area contributed by atoms with Crippen LogP contribution >= 0.6 is 11.6 Å². The van der Waals surface area contributed by atoms with E-state index in [-0.39, 0.29) is 29.5 Å². The number of methoxy groups -OCH3 is 1. The van der Waals surface area contributed by atoms with Crippen LogP contribution in [0.4, 0.5) is 0 Å². The first-order valence-corrected chi connectivity index (χ1v) is 10.5. The van der Waals surface area contributed by atoms with Gasteiger partial charge in [0.2, 0.25) is 15.9 Å². The Morgan fingerprint density at radius 1 is 1.21 bits per heavy atom. The number of ether oxygens (including phenoxy) is 1. The lowest BCUT2D eigenvalue weighted by Gasteiger charge is -2.19. The Balaban J connectivity index is 2.24. The maximum Gasteiger partial charge on any atom is 0.241 e. The van der Waals surface area contributed by atoms with Crippen molar-refractivity contribution in [3.05, 3.63) is 59.1 Å². The fraction of sp³-hybridized carbons (Fsp3) is 0.316. The highest BCUT2D eigenvalue weighted by atomic mass is 35.5. The van der Waals surface area contributed by atoms with Crippen LogP contribution in [-0.4, -0.2) is 45.7 Å². The number of amides is 1. The monoisotopic (exact) mass is 426 g/mol. The Hall–Kier alpha value is -2.13. The van der Waals surface area contributed by atoms with Gasteiger partial charge in [0.1, 0.15) is 11.8 Å². The van der Waals surface area contributed by atoms with Gasteiger partial charge in [-0.25, -0.2) is 8.42 Å². The number of hydrogen-bond donors (Lipinski definition) is 3. The summed E-state index contributed by atoms with van der Waals surface area (Å²) in [4.78, 5) is 12.5. The molecule has 0 radical (unpaired) electrons. The van der Waals surface area contributed by atoms with E-state index < -0.39 is 22.0 Å². The van der Waals surface area contributed by atoms with Crippen molar-refractivity contribution in [2.45, 2.75) is 23.8 Å². The first-order valence-electron chi connectivity index (χ1n) is 8.65. The predicted octanol–water partition coefficient (Wildman–Crippen LogP) is 1.74. The number of benzene rings is 2. The number of sulfonamides is 1. The van der Waals surface area contributed by atoms with Gasteiger partial charge in [0.25, 0.3) is 0 Å². The van der Waals surface area contributed by atoms with E-state index in [0.717, 1.165) is 5.56 Å². The van der Waals surface area contributed by atoms with Gasteiger partial charge in [-0.2, -0.15) is 4.72 Å². The smallest absolute Gasteiger partial charge is 0.241 e. The molecule has 0 spiro atoms. The molecule has 0 saturated carbocycles. The van der Waals surface area contributed by atoms with Crippen molar-refractivity contribution in [1.82, 2.24) is 10.0 Å². The van der Waals surface area contributed by atoms with Crippen LogP contribution in [0.3, 0.4) is 0 Å². The maximum atomic E-state index is 12.8. The van der Waals surface area contributed by atoms with Crippen LogP contribution in [0.25, 0.3) is 0 Å². The predicted molar refractivity (Wildman–Crippen MR) is 107 cm³/mol. The summed E-state index contributed by atoms with van der Waals surface area (Å²) in [5.41, 5.74) is 0.806. The van der Waals surface area contributed by atoms with Crippen LogP contribution in [0.5, 0.6) is 5.75 Å². The lowest BCUT2D eigenvalue weighted by molar-refractivity contribution is -0.122. The molecular formula is C19H23ClN2O5S. The van der Waals surface area contributed by atoms with Crippen molar-refractivity contribution in [3.8, 4) is 5.75 Å². The highest BCUT2D eigenvalue weighted by Gasteiger charge is 2.26. The van der Waals surface area contributed by atoms with Gasteiger partial charge in [-0.3, -0.25) is 4.79 Å². The molecule has 0 unspecified atom stereocenters. The second-order valence-electron chi connectivity index (χ2n) is 6.03.